The number of carbonyl (C=O) groups is 4. The smallest absolute Gasteiger partial charge is 0.326 e. The van der Waals surface area contributed by atoms with E-state index in [0.29, 0.717) is 31.4 Å². The van der Waals surface area contributed by atoms with Crippen LogP contribution in [0.25, 0.3) is 0 Å². The summed E-state index contributed by atoms with van der Waals surface area (Å²) in [6, 6.07) is 2.06. The van der Waals surface area contributed by atoms with Crippen molar-refractivity contribution in [3.63, 3.8) is 0 Å². The Bertz CT molecular complexity index is 845. The van der Waals surface area contributed by atoms with Gasteiger partial charge in [0.15, 0.2) is 0 Å². The van der Waals surface area contributed by atoms with E-state index < -0.39 is 47.9 Å². The molecular weight excluding hydrogens is 454 g/mol. The van der Waals surface area contributed by atoms with Crippen LogP contribution in [0.15, 0.2) is 24.3 Å². The number of nitrogens with two attached hydrogens (primary N) is 2. The molecule has 0 fully saturated rings. The molecule has 0 aliphatic carbocycles. The summed E-state index contributed by atoms with van der Waals surface area (Å²) in [5, 5.41) is 26.6. The Kier molecular flexibility index (Phi) is 12.7. The fourth-order valence-electron chi connectivity index (χ4n) is 3.40. The van der Waals surface area contributed by atoms with E-state index in [1.165, 1.54) is 19.1 Å². The number of carboxylic acid groups (broad SMARTS) is 1. The first-order chi connectivity index (χ1) is 16.4. The zero-order valence-corrected chi connectivity index (χ0v) is 20.6. The van der Waals surface area contributed by atoms with Crippen molar-refractivity contribution in [2.75, 3.05) is 6.54 Å². The minimum Gasteiger partial charge on any atom is -0.508 e. The van der Waals surface area contributed by atoms with Gasteiger partial charge in [0.25, 0.3) is 0 Å². The summed E-state index contributed by atoms with van der Waals surface area (Å²) in [5.74, 6) is -2.73. The lowest BCUT2D eigenvalue weighted by atomic mass is 10.0. The number of hydrogen-bond donors (Lipinski definition) is 7. The molecule has 0 aliphatic rings. The fraction of sp³-hybridized carbons (Fsp3) is 0.583. The summed E-state index contributed by atoms with van der Waals surface area (Å²) in [6.45, 7) is 5.73. The predicted octanol–water partition coefficient (Wildman–Crippen LogP) is -0.00400. The molecule has 196 valence electrons. The lowest BCUT2D eigenvalue weighted by Gasteiger charge is -2.24. The van der Waals surface area contributed by atoms with Crippen molar-refractivity contribution in [3.8, 4) is 5.75 Å². The molecule has 4 atom stereocenters. The van der Waals surface area contributed by atoms with Crippen LogP contribution in [0.4, 0.5) is 0 Å². The van der Waals surface area contributed by atoms with Gasteiger partial charge in [0.2, 0.25) is 17.7 Å². The molecule has 11 heteroatoms. The summed E-state index contributed by atoms with van der Waals surface area (Å²) < 4.78 is 0. The lowest BCUT2D eigenvalue weighted by Crippen LogP contribution is -2.57. The number of phenols is 1. The molecule has 0 bridgehead atoms. The van der Waals surface area contributed by atoms with Gasteiger partial charge in [-0.3, -0.25) is 14.4 Å². The van der Waals surface area contributed by atoms with Crippen LogP contribution in [0.5, 0.6) is 5.75 Å². The Morgan fingerprint density at radius 1 is 0.886 bits per heavy atom. The normalized spacial score (nSPS) is 14.5. The molecule has 0 heterocycles. The van der Waals surface area contributed by atoms with Gasteiger partial charge in [-0.15, -0.1) is 0 Å². The van der Waals surface area contributed by atoms with Crippen molar-refractivity contribution in [3.05, 3.63) is 29.8 Å². The second-order valence-electron chi connectivity index (χ2n) is 9.08. The molecule has 4 unspecified atom stereocenters. The molecule has 9 N–H and O–H groups in total. The number of aromatic hydroxyl groups is 1. The van der Waals surface area contributed by atoms with Crippen LogP contribution in [0.2, 0.25) is 0 Å². The predicted molar refractivity (Wildman–Crippen MR) is 131 cm³/mol. The second kappa shape index (κ2) is 14.9. The molecular formula is C24H39N5O6. The molecule has 1 rings (SSSR count). The van der Waals surface area contributed by atoms with Gasteiger partial charge in [0.05, 0.1) is 6.04 Å². The van der Waals surface area contributed by atoms with Crippen LogP contribution in [-0.4, -0.2) is 64.6 Å². The van der Waals surface area contributed by atoms with Gasteiger partial charge in [-0.05, 0) is 62.8 Å². The average Bonchev–Trinajstić information content (AvgIpc) is 2.78. The summed E-state index contributed by atoms with van der Waals surface area (Å²) >= 11 is 0. The summed E-state index contributed by atoms with van der Waals surface area (Å²) in [5.41, 5.74) is 12.0. The van der Waals surface area contributed by atoms with E-state index in [2.05, 4.69) is 16.0 Å². The molecule has 0 aliphatic heterocycles. The highest BCUT2D eigenvalue weighted by Gasteiger charge is 2.29. The number of carbonyl (C=O) groups excluding carboxylic acids is 3. The third kappa shape index (κ3) is 11.2. The Hall–Kier alpha value is -3.18. The van der Waals surface area contributed by atoms with E-state index in [4.69, 9.17) is 11.5 Å². The van der Waals surface area contributed by atoms with Crippen molar-refractivity contribution in [1.82, 2.24) is 16.0 Å². The molecule has 0 saturated carbocycles. The first-order valence-corrected chi connectivity index (χ1v) is 11.8. The molecule has 11 nitrogen and oxygen atoms in total. The number of benzene rings is 1. The van der Waals surface area contributed by atoms with Gasteiger partial charge < -0.3 is 37.6 Å². The van der Waals surface area contributed by atoms with Gasteiger partial charge in [-0.2, -0.15) is 0 Å². The fourth-order valence-corrected chi connectivity index (χ4v) is 3.40. The molecule has 0 saturated heterocycles. The molecule has 35 heavy (non-hydrogen) atoms. The number of phenolic OH excluding ortho intramolecular Hbond substituents is 1. The molecule has 1 aromatic rings. The van der Waals surface area contributed by atoms with E-state index in [1.807, 2.05) is 13.8 Å². The van der Waals surface area contributed by atoms with Crippen LogP contribution in [0.1, 0.15) is 52.0 Å². The molecule has 0 aromatic heterocycles. The maximum Gasteiger partial charge on any atom is 0.326 e. The molecule has 3 amide bonds. The standard InChI is InChI=1S/C24H39N5O6/c1-14(2)12-18(26)22(32)27-15(3)21(31)29-20(13-16-7-9-17(30)10-8-16)23(33)28-19(24(34)35)6-4-5-11-25/h7-10,14-15,18-20,30H,4-6,11-13,25-26H2,1-3H3,(H,27,32)(H,28,33)(H,29,31)(H,34,35). The van der Waals surface area contributed by atoms with E-state index >= 15 is 0 Å². The van der Waals surface area contributed by atoms with E-state index in [9.17, 15) is 29.4 Å². The van der Waals surface area contributed by atoms with Gasteiger partial charge in [-0.25, -0.2) is 4.79 Å². The molecule has 1 aromatic carbocycles. The van der Waals surface area contributed by atoms with Crippen molar-refractivity contribution >= 4 is 23.7 Å². The largest absolute Gasteiger partial charge is 0.508 e. The SMILES string of the molecule is CC(C)CC(N)C(=O)NC(C)C(=O)NC(Cc1ccc(O)cc1)C(=O)NC(CCCCN)C(=O)O. The van der Waals surface area contributed by atoms with Crippen LogP contribution in [0, 0.1) is 5.92 Å². The Morgan fingerprint density at radius 3 is 2.03 bits per heavy atom. The van der Waals surface area contributed by atoms with Gasteiger partial charge >= 0.3 is 5.97 Å². The van der Waals surface area contributed by atoms with Gasteiger partial charge in [-0.1, -0.05) is 26.0 Å². The highest BCUT2D eigenvalue weighted by atomic mass is 16.4. The number of carboxylic acids is 1. The van der Waals surface area contributed by atoms with Gasteiger partial charge in [0, 0.05) is 6.42 Å². The van der Waals surface area contributed by atoms with Crippen LogP contribution in [-0.2, 0) is 25.6 Å². The monoisotopic (exact) mass is 493 g/mol. The van der Waals surface area contributed by atoms with E-state index in [1.54, 1.807) is 12.1 Å². The number of amides is 3. The summed E-state index contributed by atoms with van der Waals surface area (Å²) in [7, 11) is 0. The molecule has 0 radical (unpaired) electrons. The van der Waals surface area contributed by atoms with Crippen LogP contribution >= 0.6 is 0 Å². The number of rotatable bonds is 15. The Labute approximate surface area is 206 Å². The lowest BCUT2D eigenvalue weighted by molar-refractivity contribution is -0.142. The van der Waals surface area contributed by atoms with Crippen molar-refractivity contribution in [2.24, 2.45) is 17.4 Å². The summed E-state index contributed by atoms with van der Waals surface area (Å²) in [6.07, 6.45) is 1.82. The third-order valence-corrected chi connectivity index (χ3v) is 5.38. The minimum absolute atomic E-state index is 0.0405. The van der Waals surface area contributed by atoms with Gasteiger partial charge in [0.1, 0.15) is 23.9 Å². The zero-order valence-electron chi connectivity index (χ0n) is 20.6. The topological polar surface area (TPSA) is 197 Å². The second-order valence-corrected chi connectivity index (χ2v) is 9.08. The maximum absolute atomic E-state index is 13.0. The van der Waals surface area contributed by atoms with Crippen LogP contribution in [0.3, 0.4) is 0 Å². The van der Waals surface area contributed by atoms with Crippen molar-refractivity contribution in [1.29, 1.82) is 0 Å². The minimum atomic E-state index is -1.19. The first-order valence-electron chi connectivity index (χ1n) is 11.8. The number of nitrogens with one attached hydrogen (secondary N) is 3. The van der Waals surface area contributed by atoms with Crippen LogP contribution < -0.4 is 27.4 Å². The van der Waals surface area contributed by atoms with E-state index in [-0.39, 0.29) is 24.5 Å². The zero-order chi connectivity index (χ0) is 26.5. The number of hydrogen-bond acceptors (Lipinski definition) is 7. The first kappa shape index (κ1) is 29.9. The Balaban J connectivity index is 2.95. The van der Waals surface area contributed by atoms with Crippen molar-refractivity contribution in [2.45, 2.75) is 77.0 Å². The third-order valence-electron chi connectivity index (χ3n) is 5.38. The highest BCUT2D eigenvalue weighted by Crippen LogP contribution is 2.12. The average molecular weight is 494 g/mol. The summed E-state index contributed by atoms with van der Waals surface area (Å²) in [4.78, 5) is 49.7. The Morgan fingerprint density at radius 2 is 1.49 bits per heavy atom. The van der Waals surface area contributed by atoms with Crippen molar-refractivity contribution < 1.29 is 29.4 Å². The quantitative estimate of drug-likeness (QED) is 0.166. The van der Waals surface area contributed by atoms with E-state index in [0.717, 1.165) is 0 Å². The number of unbranched alkanes of at least 4 members (excludes halogenated alkanes) is 1. The molecule has 0 spiro atoms. The highest BCUT2D eigenvalue weighted by molar-refractivity contribution is 5.94. The maximum atomic E-state index is 13.0. The number of aliphatic carboxylic acids is 1.